The minimum Gasteiger partial charge on any atom is -0.495 e. The van der Waals surface area contributed by atoms with E-state index >= 15 is 0 Å². The van der Waals surface area contributed by atoms with E-state index in [-0.39, 0.29) is 17.9 Å². The van der Waals surface area contributed by atoms with Crippen molar-refractivity contribution in [3.63, 3.8) is 0 Å². The lowest BCUT2D eigenvalue weighted by Gasteiger charge is -2.28. The largest absolute Gasteiger partial charge is 0.495 e. The first kappa shape index (κ1) is 19.5. The number of hydrogen-bond donors (Lipinski definition) is 2. The fourth-order valence-electron chi connectivity index (χ4n) is 2.97. The van der Waals surface area contributed by atoms with Crippen LogP contribution in [0.5, 0.6) is 17.2 Å². The number of hydrogen-bond acceptors (Lipinski definition) is 6. The van der Waals surface area contributed by atoms with E-state index in [2.05, 4.69) is 23.9 Å². The van der Waals surface area contributed by atoms with E-state index < -0.39 is 0 Å². The van der Waals surface area contributed by atoms with Crippen molar-refractivity contribution in [1.29, 1.82) is 0 Å². The second-order valence-electron chi connectivity index (χ2n) is 5.98. The molecule has 138 valence electrons. The van der Waals surface area contributed by atoms with Crippen molar-refractivity contribution in [1.82, 2.24) is 10.9 Å². The first-order chi connectivity index (χ1) is 12.0. The summed E-state index contributed by atoms with van der Waals surface area (Å²) in [5.74, 6) is 2.29. The second-order valence-corrected chi connectivity index (χ2v) is 6.79. The van der Waals surface area contributed by atoms with Crippen LogP contribution in [0.15, 0.2) is 17.0 Å². The van der Waals surface area contributed by atoms with Crippen LogP contribution >= 0.6 is 11.8 Å². The molecular formula is C18H26N2O4S. The predicted molar refractivity (Wildman–Crippen MR) is 100 cm³/mol. The Kier molecular flexibility index (Phi) is 6.61. The Morgan fingerprint density at radius 3 is 2.44 bits per heavy atom. The quantitative estimate of drug-likeness (QED) is 0.755. The van der Waals surface area contributed by atoms with Crippen molar-refractivity contribution < 1.29 is 19.0 Å². The van der Waals surface area contributed by atoms with Gasteiger partial charge in [-0.25, -0.2) is 5.43 Å². The zero-order chi connectivity index (χ0) is 18.6. The number of nitrogens with one attached hydrogen (secondary N) is 2. The highest BCUT2D eigenvalue weighted by atomic mass is 32.2. The number of thioether (sulfide) groups is 1. The molecule has 0 aromatic heterocycles. The van der Waals surface area contributed by atoms with E-state index in [0.717, 1.165) is 21.8 Å². The summed E-state index contributed by atoms with van der Waals surface area (Å²) in [6.07, 6.45) is 4.56. The molecule has 0 saturated carbocycles. The van der Waals surface area contributed by atoms with Gasteiger partial charge in [0.15, 0.2) is 11.5 Å². The molecule has 1 heterocycles. The van der Waals surface area contributed by atoms with Gasteiger partial charge in [-0.2, -0.15) is 0 Å². The number of hydrazine groups is 1. The first-order valence-electron chi connectivity index (χ1n) is 8.06. The average molecular weight is 366 g/mol. The van der Waals surface area contributed by atoms with Crippen LogP contribution in [0.25, 0.3) is 5.57 Å². The molecule has 0 radical (unpaired) electrons. The zero-order valence-corrected chi connectivity index (χ0v) is 16.4. The maximum atomic E-state index is 11.5. The summed E-state index contributed by atoms with van der Waals surface area (Å²) in [7, 11) is 4.90. The lowest BCUT2D eigenvalue weighted by molar-refractivity contribution is -0.125. The second kappa shape index (κ2) is 8.49. The molecule has 1 aliphatic heterocycles. The lowest BCUT2D eigenvalue weighted by Crippen LogP contribution is -2.52. The highest BCUT2D eigenvalue weighted by molar-refractivity contribution is 7.98. The molecule has 1 fully saturated rings. The Bertz CT molecular complexity index is 676. The SMILES string of the molecule is COc1cc(/C(C)=C/C2NNC(=O)CC2C)c(OC)c(OC)c1SC. The van der Waals surface area contributed by atoms with Crippen molar-refractivity contribution in [2.24, 2.45) is 5.92 Å². The van der Waals surface area contributed by atoms with Crippen molar-refractivity contribution in [3.8, 4) is 17.2 Å². The molecule has 0 spiro atoms. The monoisotopic (exact) mass is 366 g/mol. The highest BCUT2D eigenvalue weighted by Gasteiger charge is 2.25. The molecule has 1 aromatic rings. The molecule has 6 nitrogen and oxygen atoms in total. The maximum Gasteiger partial charge on any atom is 0.234 e. The highest BCUT2D eigenvalue weighted by Crippen LogP contribution is 2.47. The number of carbonyl (C=O) groups excluding carboxylic acids is 1. The summed E-state index contributed by atoms with van der Waals surface area (Å²) in [4.78, 5) is 12.4. The molecule has 2 unspecified atom stereocenters. The predicted octanol–water partition coefficient (Wildman–Crippen LogP) is 2.87. The van der Waals surface area contributed by atoms with Crippen LogP contribution in [0.2, 0.25) is 0 Å². The van der Waals surface area contributed by atoms with E-state index in [4.69, 9.17) is 14.2 Å². The van der Waals surface area contributed by atoms with Crippen LogP contribution in [0, 0.1) is 5.92 Å². The van der Waals surface area contributed by atoms with Gasteiger partial charge < -0.3 is 14.2 Å². The molecule has 1 saturated heterocycles. The summed E-state index contributed by atoms with van der Waals surface area (Å²) >= 11 is 1.55. The summed E-state index contributed by atoms with van der Waals surface area (Å²) in [6.45, 7) is 4.07. The van der Waals surface area contributed by atoms with Gasteiger partial charge in [0.1, 0.15) is 5.75 Å². The number of ether oxygens (including phenoxy) is 3. The molecule has 2 atom stereocenters. The van der Waals surface area contributed by atoms with Crippen LogP contribution < -0.4 is 25.1 Å². The third-order valence-corrected chi connectivity index (χ3v) is 5.14. The van der Waals surface area contributed by atoms with Gasteiger partial charge in [0.05, 0.1) is 26.2 Å². The molecule has 2 rings (SSSR count). The van der Waals surface area contributed by atoms with Crippen molar-refractivity contribution in [2.75, 3.05) is 27.6 Å². The standard InChI is InChI=1S/C18H26N2O4S/c1-10(7-13-11(2)8-15(21)20-19-13)12-9-14(22-3)18(25-6)17(24-5)16(12)23-4/h7,9,11,13,19H,8H2,1-6H3,(H,20,21)/b10-7+. The molecule has 7 heteroatoms. The third kappa shape index (κ3) is 4.04. The molecule has 25 heavy (non-hydrogen) atoms. The zero-order valence-electron chi connectivity index (χ0n) is 15.6. The minimum atomic E-state index is 0.0139. The van der Waals surface area contributed by atoms with Gasteiger partial charge in [-0.3, -0.25) is 10.2 Å². The number of allylic oxidation sites excluding steroid dienone is 1. The van der Waals surface area contributed by atoms with Gasteiger partial charge in [-0.05, 0) is 30.7 Å². The Hall–Kier alpha value is -1.86. The summed E-state index contributed by atoms with van der Waals surface area (Å²) in [5, 5.41) is 0. The van der Waals surface area contributed by atoms with Gasteiger partial charge in [0.25, 0.3) is 0 Å². The number of methoxy groups -OCH3 is 3. The number of carbonyl (C=O) groups is 1. The number of rotatable bonds is 6. The Morgan fingerprint density at radius 1 is 1.24 bits per heavy atom. The number of benzene rings is 1. The van der Waals surface area contributed by atoms with Crippen molar-refractivity contribution in [3.05, 3.63) is 17.7 Å². The van der Waals surface area contributed by atoms with Crippen LogP contribution in [-0.4, -0.2) is 39.5 Å². The summed E-state index contributed by atoms with van der Waals surface area (Å²) < 4.78 is 16.8. The normalized spacial score (nSPS) is 20.9. The Morgan fingerprint density at radius 2 is 1.92 bits per heavy atom. The van der Waals surface area contributed by atoms with Crippen LogP contribution in [0.1, 0.15) is 25.8 Å². The minimum absolute atomic E-state index is 0.0139. The third-order valence-electron chi connectivity index (χ3n) is 4.34. The smallest absolute Gasteiger partial charge is 0.234 e. The Balaban J connectivity index is 2.49. The average Bonchev–Trinajstić information content (AvgIpc) is 2.61. The van der Waals surface area contributed by atoms with E-state index in [0.29, 0.717) is 17.9 Å². The van der Waals surface area contributed by atoms with Crippen molar-refractivity contribution in [2.45, 2.75) is 31.2 Å². The van der Waals surface area contributed by atoms with E-state index in [1.54, 1.807) is 33.1 Å². The van der Waals surface area contributed by atoms with Gasteiger partial charge in [-0.1, -0.05) is 13.0 Å². The van der Waals surface area contributed by atoms with E-state index in [9.17, 15) is 4.79 Å². The van der Waals surface area contributed by atoms with Crippen LogP contribution in [0.4, 0.5) is 0 Å². The fraction of sp³-hybridized carbons (Fsp3) is 0.500. The molecular weight excluding hydrogens is 340 g/mol. The fourth-order valence-corrected chi connectivity index (χ4v) is 3.67. The Labute approximate surface area is 153 Å². The molecule has 2 N–H and O–H groups in total. The maximum absolute atomic E-state index is 11.5. The summed E-state index contributed by atoms with van der Waals surface area (Å²) in [5.41, 5.74) is 7.67. The van der Waals surface area contributed by atoms with E-state index in [1.807, 2.05) is 19.2 Å². The number of amides is 1. The first-order valence-corrected chi connectivity index (χ1v) is 9.29. The van der Waals surface area contributed by atoms with Gasteiger partial charge in [-0.15, -0.1) is 11.8 Å². The van der Waals surface area contributed by atoms with Gasteiger partial charge in [0, 0.05) is 18.0 Å². The van der Waals surface area contributed by atoms with Gasteiger partial charge >= 0.3 is 0 Å². The molecule has 1 amide bonds. The lowest BCUT2D eigenvalue weighted by atomic mass is 9.93. The molecule has 0 bridgehead atoms. The molecule has 0 aliphatic carbocycles. The summed E-state index contributed by atoms with van der Waals surface area (Å²) in [6, 6.07) is 2.00. The topological polar surface area (TPSA) is 68.8 Å². The van der Waals surface area contributed by atoms with Crippen molar-refractivity contribution >= 4 is 23.2 Å². The van der Waals surface area contributed by atoms with Crippen LogP contribution in [0.3, 0.4) is 0 Å². The molecule has 1 aliphatic rings. The van der Waals surface area contributed by atoms with Gasteiger partial charge in [0.2, 0.25) is 5.91 Å². The molecule has 1 aromatic carbocycles. The van der Waals surface area contributed by atoms with Crippen LogP contribution in [-0.2, 0) is 4.79 Å². The van der Waals surface area contributed by atoms with E-state index in [1.165, 1.54) is 0 Å².